The van der Waals surface area contributed by atoms with Crippen LogP contribution in [0.5, 0.6) is 0 Å². The average molecular weight is 303 g/mol. The van der Waals surface area contributed by atoms with Gasteiger partial charge in [-0.3, -0.25) is 4.72 Å². The summed E-state index contributed by atoms with van der Waals surface area (Å²) in [5.74, 6) is 0.0300. The first kappa shape index (κ1) is 13.6. The van der Waals surface area contributed by atoms with Crippen LogP contribution in [0.25, 0.3) is 11.0 Å². The molecule has 0 aliphatic carbocycles. The van der Waals surface area contributed by atoms with Crippen LogP contribution in [0.15, 0.2) is 47.1 Å². The van der Waals surface area contributed by atoms with Gasteiger partial charge in [-0.2, -0.15) is 0 Å². The van der Waals surface area contributed by atoms with Crippen molar-refractivity contribution in [1.82, 2.24) is 10.1 Å². The van der Waals surface area contributed by atoms with Crippen molar-refractivity contribution in [2.45, 2.75) is 12.7 Å². The normalized spacial score (nSPS) is 11.7. The van der Waals surface area contributed by atoms with Gasteiger partial charge in [-0.1, -0.05) is 17.3 Å². The fourth-order valence-electron chi connectivity index (χ4n) is 2.01. The van der Waals surface area contributed by atoms with E-state index in [1.54, 1.807) is 36.5 Å². The topological polar surface area (TPSA) is 85.1 Å². The van der Waals surface area contributed by atoms with Gasteiger partial charge in [0.2, 0.25) is 10.0 Å². The first-order valence-corrected chi connectivity index (χ1v) is 7.95. The summed E-state index contributed by atoms with van der Waals surface area (Å²) in [5, 5.41) is 4.52. The van der Waals surface area contributed by atoms with E-state index in [9.17, 15) is 8.42 Å². The number of sulfonamides is 1. The first-order chi connectivity index (χ1) is 10.0. The number of nitrogens with zero attached hydrogens (tertiary/aromatic N) is 2. The van der Waals surface area contributed by atoms with Crippen LogP contribution in [-0.4, -0.2) is 18.6 Å². The highest BCUT2D eigenvalue weighted by molar-refractivity contribution is 7.91. The van der Waals surface area contributed by atoms with Crippen LogP contribution < -0.4 is 4.72 Å². The van der Waals surface area contributed by atoms with Crippen molar-refractivity contribution in [3.63, 3.8) is 0 Å². The molecule has 0 amide bonds. The van der Waals surface area contributed by atoms with Crippen molar-refractivity contribution < 1.29 is 12.9 Å². The van der Waals surface area contributed by atoms with E-state index >= 15 is 0 Å². The maximum Gasteiger partial charge on any atom is 0.239 e. The van der Waals surface area contributed by atoms with Gasteiger partial charge in [0.15, 0.2) is 5.58 Å². The number of benzene rings is 1. The molecule has 0 radical (unpaired) electrons. The Morgan fingerprint density at radius 1 is 1.24 bits per heavy atom. The largest absolute Gasteiger partial charge is 0.356 e. The number of fused-ring (bicyclic) bond motifs is 1. The molecule has 0 atom stereocenters. The molecule has 21 heavy (non-hydrogen) atoms. The van der Waals surface area contributed by atoms with E-state index in [2.05, 4.69) is 14.9 Å². The molecule has 0 saturated carbocycles. The van der Waals surface area contributed by atoms with Gasteiger partial charge in [0, 0.05) is 11.6 Å². The minimum Gasteiger partial charge on any atom is -0.356 e. The van der Waals surface area contributed by atoms with Crippen LogP contribution in [0.4, 0.5) is 5.82 Å². The standard InChI is InChI=1S/C14H13N3O3S/c1-10-6-7-15-14(8-10)17-21(18,19)9-12-11-4-2-3-5-13(11)20-16-12/h2-8H,9H2,1H3,(H,15,17). The Labute approximate surface area is 121 Å². The van der Waals surface area contributed by atoms with Crippen molar-refractivity contribution in [2.75, 3.05) is 4.72 Å². The molecule has 1 aromatic carbocycles. The second-order valence-corrected chi connectivity index (χ2v) is 6.43. The SMILES string of the molecule is Cc1ccnc(NS(=O)(=O)Cc2noc3ccccc23)c1. The molecule has 0 bridgehead atoms. The average Bonchev–Trinajstić information content (AvgIpc) is 2.81. The maximum atomic E-state index is 12.2. The summed E-state index contributed by atoms with van der Waals surface area (Å²) >= 11 is 0. The number of hydrogen-bond acceptors (Lipinski definition) is 5. The Hall–Kier alpha value is -2.41. The highest BCUT2D eigenvalue weighted by Crippen LogP contribution is 2.20. The smallest absolute Gasteiger partial charge is 0.239 e. The summed E-state index contributed by atoms with van der Waals surface area (Å²) in [6.07, 6.45) is 1.55. The fourth-order valence-corrected chi connectivity index (χ4v) is 3.08. The van der Waals surface area contributed by atoms with E-state index < -0.39 is 10.0 Å². The number of hydrogen-bond donors (Lipinski definition) is 1. The predicted molar refractivity (Wildman–Crippen MR) is 79.2 cm³/mol. The molecule has 7 heteroatoms. The molecule has 3 rings (SSSR count). The van der Waals surface area contributed by atoms with Crippen LogP contribution >= 0.6 is 0 Å². The van der Waals surface area contributed by atoms with Crippen LogP contribution in [0.3, 0.4) is 0 Å². The Morgan fingerprint density at radius 2 is 2.05 bits per heavy atom. The zero-order valence-corrected chi connectivity index (χ0v) is 12.1. The van der Waals surface area contributed by atoms with Gasteiger partial charge in [0.25, 0.3) is 0 Å². The van der Waals surface area contributed by atoms with Crippen molar-refractivity contribution in [2.24, 2.45) is 0 Å². The second-order valence-electron chi connectivity index (χ2n) is 4.71. The summed E-state index contributed by atoms with van der Waals surface area (Å²) in [6, 6.07) is 10.6. The number of rotatable bonds is 4. The third kappa shape index (κ3) is 3.03. The number of aryl methyl sites for hydroxylation is 1. The highest BCUT2D eigenvalue weighted by Gasteiger charge is 2.18. The van der Waals surface area contributed by atoms with E-state index in [0.717, 1.165) is 5.56 Å². The van der Waals surface area contributed by atoms with Gasteiger partial charge in [-0.15, -0.1) is 0 Å². The van der Waals surface area contributed by atoms with Gasteiger partial charge in [0.1, 0.15) is 17.3 Å². The molecule has 1 N–H and O–H groups in total. The highest BCUT2D eigenvalue weighted by atomic mass is 32.2. The summed E-state index contributed by atoms with van der Waals surface area (Å²) in [4.78, 5) is 3.98. The molecule has 2 aromatic heterocycles. The quantitative estimate of drug-likeness (QED) is 0.800. The summed E-state index contributed by atoms with van der Waals surface area (Å²) < 4.78 is 31.9. The Bertz CT molecular complexity index is 887. The van der Waals surface area contributed by atoms with Crippen molar-refractivity contribution in [1.29, 1.82) is 0 Å². The number of pyridine rings is 1. The molecule has 108 valence electrons. The lowest BCUT2D eigenvalue weighted by Crippen LogP contribution is -2.16. The molecule has 3 aromatic rings. The number of nitrogens with one attached hydrogen (secondary N) is 1. The number of para-hydroxylation sites is 1. The molecule has 0 aliphatic heterocycles. The van der Waals surface area contributed by atoms with Gasteiger partial charge in [-0.25, -0.2) is 13.4 Å². The van der Waals surface area contributed by atoms with E-state index in [1.807, 2.05) is 13.0 Å². The molecule has 2 heterocycles. The van der Waals surface area contributed by atoms with Crippen LogP contribution in [0.1, 0.15) is 11.3 Å². The van der Waals surface area contributed by atoms with Crippen LogP contribution in [0, 0.1) is 6.92 Å². The monoisotopic (exact) mass is 303 g/mol. The number of anilines is 1. The second kappa shape index (κ2) is 5.17. The van der Waals surface area contributed by atoms with Crippen molar-refractivity contribution in [3.8, 4) is 0 Å². The predicted octanol–water partition coefficient (Wildman–Crippen LogP) is 2.47. The zero-order valence-electron chi connectivity index (χ0n) is 11.3. The molecule has 0 fully saturated rings. The molecule has 0 spiro atoms. The Balaban J connectivity index is 1.86. The van der Waals surface area contributed by atoms with Gasteiger partial charge in [-0.05, 0) is 36.8 Å². The number of aromatic nitrogens is 2. The van der Waals surface area contributed by atoms with Gasteiger partial charge < -0.3 is 4.52 Å². The Morgan fingerprint density at radius 3 is 2.86 bits per heavy atom. The molecule has 0 saturated heterocycles. The van der Waals surface area contributed by atoms with Gasteiger partial charge >= 0.3 is 0 Å². The van der Waals surface area contributed by atoms with Crippen molar-refractivity contribution in [3.05, 3.63) is 53.9 Å². The maximum absolute atomic E-state index is 12.2. The fraction of sp³-hybridized carbons (Fsp3) is 0.143. The first-order valence-electron chi connectivity index (χ1n) is 6.30. The van der Waals surface area contributed by atoms with Gasteiger partial charge in [0.05, 0.1) is 0 Å². The molecular weight excluding hydrogens is 290 g/mol. The summed E-state index contributed by atoms with van der Waals surface area (Å²) in [5.41, 5.74) is 1.87. The molecule has 6 nitrogen and oxygen atoms in total. The van der Waals surface area contributed by atoms with Crippen LogP contribution in [0.2, 0.25) is 0 Å². The zero-order chi connectivity index (χ0) is 14.9. The van der Waals surface area contributed by atoms with Crippen molar-refractivity contribution >= 4 is 26.8 Å². The summed E-state index contributed by atoms with van der Waals surface area (Å²) in [6.45, 7) is 1.87. The molecule has 0 unspecified atom stereocenters. The lowest BCUT2D eigenvalue weighted by molar-refractivity contribution is 0.448. The van der Waals surface area contributed by atoms with Crippen LogP contribution in [-0.2, 0) is 15.8 Å². The minimum absolute atomic E-state index is 0.264. The Kier molecular flexibility index (Phi) is 3.34. The van der Waals surface area contributed by atoms with E-state index in [1.165, 1.54) is 0 Å². The molecule has 0 aliphatic rings. The lowest BCUT2D eigenvalue weighted by atomic mass is 10.2. The third-order valence-corrected chi connectivity index (χ3v) is 4.13. The summed E-state index contributed by atoms with van der Waals surface area (Å²) in [7, 11) is -3.60. The lowest BCUT2D eigenvalue weighted by Gasteiger charge is -2.06. The van der Waals surface area contributed by atoms with E-state index in [0.29, 0.717) is 22.5 Å². The molecular formula is C14H13N3O3S. The van der Waals surface area contributed by atoms with E-state index in [-0.39, 0.29) is 5.75 Å². The minimum atomic E-state index is -3.60. The van der Waals surface area contributed by atoms with E-state index in [4.69, 9.17) is 4.52 Å². The third-order valence-electron chi connectivity index (χ3n) is 2.95.